The Morgan fingerprint density at radius 2 is 1.88 bits per heavy atom. The number of amides is 1. The van der Waals surface area contributed by atoms with Crippen LogP contribution in [0, 0.1) is 0 Å². The number of alkyl halides is 3. The van der Waals surface area contributed by atoms with E-state index in [2.05, 4.69) is 20.6 Å². The van der Waals surface area contributed by atoms with Crippen molar-refractivity contribution in [3.8, 4) is 5.75 Å². The molecule has 1 atom stereocenters. The zero-order valence-corrected chi connectivity index (χ0v) is 18.9. The first-order valence-electron chi connectivity index (χ1n) is 10.3. The molecular formula is C24H26F3N3O4. The van der Waals surface area contributed by atoms with Gasteiger partial charge in [0.2, 0.25) is 5.91 Å². The van der Waals surface area contributed by atoms with E-state index in [1.807, 2.05) is 6.92 Å². The van der Waals surface area contributed by atoms with Gasteiger partial charge in [-0.15, -0.1) is 0 Å². The van der Waals surface area contributed by atoms with Crippen molar-refractivity contribution in [1.82, 2.24) is 10.9 Å². The Labute approximate surface area is 195 Å². The zero-order valence-electron chi connectivity index (χ0n) is 18.9. The van der Waals surface area contributed by atoms with Gasteiger partial charge in [0, 0.05) is 24.5 Å². The third-order valence-corrected chi connectivity index (χ3v) is 4.68. The van der Waals surface area contributed by atoms with E-state index < -0.39 is 11.7 Å². The summed E-state index contributed by atoms with van der Waals surface area (Å²) in [6, 6.07) is 13.7. The van der Waals surface area contributed by atoms with Gasteiger partial charge in [0.1, 0.15) is 5.75 Å². The number of methoxy groups -OCH3 is 1. The predicted octanol–water partition coefficient (Wildman–Crippen LogP) is 5.29. The van der Waals surface area contributed by atoms with Gasteiger partial charge in [-0.3, -0.25) is 15.0 Å². The number of benzene rings is 2. The van der Waals surface area contributed by atoms with Crippen LogP contribution in [0.25, 0.3) is 0 Å². The Hall–Kier alpha value is -3.79. The molecule has 3 aromatic rings. The SMILES string of the molecule is CCC(C(=O)NNC)c1cccc(Nc2cc(OC)cc(C(F)(F)F)c2)c1.O=Cc1ccco1. The molecule has 1 amide bonds. The number of anilines is 2. The summed E-state index contributed by atoms with van der Waals surface area (Å²) in [5, 5.41) is 2.95. The van der Waals surface area contributed by atoms with Crippen LogP contribution in [0.1, 0.15) is 40.9 Å². The quantitative estimate of drug-likeness (QED) is 0.301. The molecule has 0 radical (unpaired) electrons. The molecule has 182 valence electrons. The van der Waals surface area contributed by atoms with E-state index in [-0.39, 0.29) is 23.3 Å². The number of aldehydes is 1. The lowest BCUT2D eigenvalue weighted by atomic mass is 9.95. The lowest BCUT2D eigenvalue weighted by molar-refractivity contribution is -0.137. The van der Waals surface area contributed by atoms with Crippen LogP contribution < -0.4 is 20.9 Å². The minimum Gasteiger partial charge on any atom is -0.497 e. The number of nitrogens with one attached hydrogen (secondary N) is 3. The highest BCUT2D eigenvalue weighted by molar-refractivity contribution is 5.83. The second-order valence-corrected chi connectivity index (χ2v) is 7.03. The first-order chi connectivity index (χ1) is 16.2. The summed E-state index contributed by atoms with van der Waals surface area (Å²) in [4.78, 5) is 21.9. The number of hydrogen-bond donors (Lipinski definition) is 3. The van der Waals surface area contributed by atoms with Crippen molar-refractivity contribution in [2.45, 2.75) is 25.4 Å². The first-order valence-corrected chi connectivity index (χ1v) is 10.3. The second-order valence-electron chi connectivity index (χ2n) is 7.03. The van der Waals surface area contributed by atoms with Crippen molar-refractivity contribution in [3.05, 3.63) is 77.7 Å². The van der Waals surface area contributed by atoms with Gasteiger partial charge in [0.25, 0.3) is 0 Å². The molecule has 1 aromatic heterocycles. The minimum absolute atomic E-state index is 0.100. The van der Waals surface area contributed by atoms with Gasteiger partial charge >= 0.3 is 6.18 Å². The molecule has 7 nitrogen and oxygen atoms in total. The lowest BCUT2D eigenvalue weighted by Crippen LogP contribution is -2.37. The molecule has 0 bridgehead atoms. The standard InChI is InChI=1S/C19H22F3N3O2.C5H4O2/c1-4-17(18(26)25-23-2)12-6-5-7-14(8-12)24-15-9-13(19(20,21)22)10-16(11-15)27-3;6-4-5-2-1-3-7-5/h5-11,17,23-24H,4H2,1-3H3,(H,25,26);1-4H. The summed E-state index contributed by atoms with van der Waals surface area (Å²) < 4.78 is 48.8. The largest absolute Gasteiger partial charge is 0.497 e. The Balaban J connectivity index is 0.000000497. The van der Waals surface area contributed by atoms with Crippen molar-refractivity contribution in [2.75, 3.05) is 19.5 Å². The van der Waals surface area contributed by atoms with Crippen molar-refractivity contribution in [1.29, 1.82) is 0 Å². The van der Waals surface area contributed by atoms with Gasteiger partial charge in [0.05, 0.1) is 24.9 Å². The Morgan fingerprint density at radius 1 is 1.12 bits per heavy atom. The highest BCUT2D eigenvalue weighted by Gasteiger charge is 2.31. The molecule has 0 fully saturated rings. The molecule has 34 heavy (non-hydrogen) atoms. The molecule has 10 heteroatoms. The molecule has 0 aliphatic heterocycles. The topological polar surface area (TPSA) is 92.6 Å². The Kier molecular flexibility index (Phi) is 9.69. The Bertz CT molecular complexity index is 1070. The summed E-state index contributed by atoms with van der Waals surface area (Å²) >= 11 is 0. The molecule has 0 spiro atoms. The van der Waals surface area contributed by atoms with Crippen LogP contribution in [0.2, 0.25) is 0 Å². The highest BCUT2D eigenvalue weighted by Crippen LogP contribution is 2.35. The van der Waals surface area contributed by atoms with E-state index in [9.17, 15) is 22.8 Å². The van der Waals surface area contributed by atoms with E-state index in [0.717, 1.165) is 17.7 Å². The molecule has 0 aliphatic rings. The Morgan fingerprint density at radius 3 is 2.41 bits per heavy atom. The fraction of sp³-hybridized carbons (Fsp3) is 0.250. The van der Waals surface area contributed by atoms with E-state index in [1.165, 1.54) is 19.4 Å². The van der Waals surface area contributed by atoms with Crippen LogP contribution in [0.3, 0.4) is 0 Å². The molecule has 3 N–H and O–H groups in total. The van der Waals surface area contributed by atoms with E-state index >= 15 is 0 Å². The number of carbonyl (C=O) groups excluding carboxylic acids is 2. The average molecular weight is 477 g/mol. The zero-order chi connectivity index (χ0) is 25.1. The van der Waals surface area contributed by atoms with Gasteiger partial charge in [-0.1, -0.05) is 19.1 Å². The maximum atomic E-state index is 13.1. The minimum atomic E-state index is -4.48. The van der Waals surface area contributed by atoms with Crippen LogP contribution in [-0.2, 0) is 11.0 Å². The van der Waals surface area contributed by atoms with Crippen LogP contribution in [0.4, 0.5) is 24.5 Å². The van der Waals surface area contributed by atoms with E-state index in [0.29, 0.717) is 24.2 Å². The first kappa shape index (κ1) is 26.5. The molecule has 2 aromatic carbocycles. The second kappa shape index (κ2) is 12.4. The average Bonchev–Trinajstić information content (AvgIpc) is 3.34. The van der Waals surface area contributed by atoms with Crippen molar-refractivity contribution in [3.63, 3.8) is 0 Å². The molecule has 1 unspecified atom stereocenters. The third kappa shape index (κ3) is 7.66. The summed E-state index contributed by atoms with van der Waals surface area (Å²) in [5.41, 5.74) is 5.93. The molecule has 0 saturated heterocycles. The number of hydrazine groups is 1. The number of hydrogen-bond acceptors (Lipinski definition) is 6. The number of halogens is 3. The fourth-order valence-electron chi connectivity index (χ4n) is 3.09. The number of rotatable bonds is 8. The van der Waals surface area contributed by atoms with Gasteiger partial charge in [0.15, 0.2) is 12.0 Å². The van der Waals surface area contributed by atoms with Gasteiger partial charge < -0.3 is 14.5 Å². The fourth-order valence-corrected chi connectivity index (χ4v) is 3.09. The van der Waals surface area contributed by atoms with Crippen molar-refractivity contribution >= 4 is 23.6 Å². The molecular weight excluding hydrogens is 451 g/mol. The van der Waals surface area contributed by atoms with Gasteiger partial charge in [-0.25, -0.2) is 5.43 Å². The van der Waals surface area contributed by atoms with Crippen molar-refractivity contribution in [2.24, 2.45) is 0 Å². The van der Waals surface area contributed by atoms with Gasteiger partial charge in [-0.2, -0.15) is 13.2 Å². The number of ether oxygens (including phenoxy) is 1. The normalized spacial score (nSPS) is 11.6. The summed E-state index contributed by atoms with van der Waals surface area (Å²) in [6.07, 6.45) is -1.77. The van der Waals surface area contributed by atoms with Crippen LogP contribution in [0.15, 0.2) is 65.3 Å². The number of furan rings is 1. The monoisotopic (exact) mass is 477 g/mol. The molecule has 0 aliphatic carbocycles. The van der Waals surface area contributed by atoms with Crippen molar-refractivity contribution < 1.29 is 31.9 Å². The van der Waals surface area contributed by atoms with Gasteiger partial charge in [-0.05, 0) is 48.4 Å². The van der Waals surface area contributed by atoms with Crippen LogP contribution in [0.5, 0.6) is 5.75 Å². The van der Waals surface area contributed by atoms with Crippen LogP contribution >= 0.6 is 0 Å². The molecule has 1 heterocycles. The summed E-state index contributed by atoms with van der Waals surface area (Å²) in [7, 11) is 2.91. The smallest absolute Gasteiger partial charge is 0.416 e. The predicted molar refractivity (Wildman–Crippen MR) is 122 cm³/mol. The highest BCUT2D eigenvalue weighted by atomic mass is 19.4. The molecule has 3 rings (SSSR count). The third-order valence-electron chi connectivity index (χ3n) is 4.68. The maximum Gasteiger partial charge on any atom is 0.416 e. The lowest BCUT2D eigenvalue weighted by Gasteiger charge is -2.17. The maximum absolute atomic E-state index is 13.1. The summed E-state index contributed by atoms with van der Waals surface area (Å²) in [5.74, 6) is -0.0866. The summed E-state index contributed by atoms with van der Waals surface area (Å²) in [6.45, 7) is 1.89. The van der Waals surface area contributed by atoms with E-state index in [1.54, 1.807) is 43.4 Å². The number of carbonyl (C=O) groups is 2. The molecule has 0 saturated carbocycles. The van der Waals surface area contributed by atoms with Crippen LogP contribution in [-0.4, -0.2) is 26.4 Å². The van der Waals surface area contributed by atoms with E-state index in [4.69, 9.17) is 4.74 Å².